The minimum atomic E-state index is -0.796. The van der Waals surface area contributed by atoms with Crippen LogP contribution < -0.4 is 10.6 Å². The van der Waals surface area contributed by atoms with Gasteiger partial charge in [-0.1, -0.05) is 55.8 Å². The minimum Gasteiger partial charge on any atom is -0.360 e. The van der Waals surface area contributed by atoms with E-state index in [4.69, 9.17) is 4.74 Å². The molecule has 1 spiro atoms. The lowest BCUT2D eigenvalue weighted by atomic mass is 9.80. The van der Waals surface area contributed by atoms with E-state index in [0.29, 0.717) is 18.9 Å². The van der Waals surface area contributed by atoms with E-state index in [0.717, 1.165) is 37.1 Å². The van der Waals surface area contributed by atoms with E-state index >= 15 is 0 Å². The molecule has 2 heterocycles. The summed E-state index contributed by atoms with van der Waals surface area (Å²) in [5.41, 5.74) is 2.62. The minimum absolute atomic E-state index is 0.0236. The van der Waals surface area contributed by atoms with Crippen molar-refractivity contribution >= 4 is 5.91 Å². The second-order valence-electron chi connectivity index (χ2n) is 7.69. The van der Waals surface area contributed by atoms with E-state index in [1.54, 1.807) is 0 Å². The first-order valence-electron chi connectivity index (χ1n) is 9.86. The number of fused-ring (bicyclic) bond motifs is 1. The number of benzene rings is 1. The lowest BCUT2D eigenvalue weighted by Gasteiger charge is -2.38. The Labute approximate surface area is 155 Å². The Morgan fingerprint density at radius 1 is 1.31 bits per heavy atom. The van der Waals surface area contributed by atoms with Crippen molar-refractivity contribution in [2.24, 2.45) is 5.92 Å². The van der Waals surface area contributed by atoms with Gasteiger partial charge in [-0.3, -0.25) is 4.79 Å². The summed E-state index contributed by atoms with van der Waals surface area (Å²) in [5.74, 6) is 0.556. The zero-order chi connectivity index (χ0) is 18.0. The molecule has 1 amide bonds. The van der Waals surface area contributed by atoms with Crippen LogP contribution in [0.1, 0.15) is 44.6 Å². The van der Waals surface area contributed by atoms with Gasteiger partial charge in [0.25, 0.3) is 5.91 Å². The molecule has 4 heteroatoms. The second kappa shape index (κ2) is 7.37. The van der Waals surface area contributed by atoms with Crippen LogP contribution in [0.25, 0.3) is 0 Å². The third kappa shape index (κ3) is 3.24. The lowest BCUT2D eigenvalue weighted by Crippen LogP contribution is -2.52. The predicted molar refractivity (Wildman–Crippen MR) is 102 cm³/mol. The average molecular weight is 352 g/mol. The number of carbonyl (C=O) groups is 1. The monoisotopic (exact) mass is 352 g/mol. The van der Waals surface area contributed by atoms with Gasteiger partial charge >= 0.3 is 0 Å². The van der Waals surface area contributed by atoms with Gasteiger partial charge in [0.15, 0.2) is 5.60 Å². The summed E-state index contributed by atoms with van der Waals surface area (Å²) in [5, 5.41) is 6.76. The summed E-state index contributed by atoms with van der Waals surface area (Å²) < 4.78 is 6.12. The fourth-order valence-electron chi connectivity index (χ4n) is 4.46. The Kier molecular flexibility index (Phi) is 4.96. The zero-order valence-electron chi connectivity index (χ0n) is 15.5. The summed E-state index contributed by atoms with van der Waals surface area (Å²) in [6.07, 6.45) is 9.32. The number of ether oxygens (including phenoxy) is 1. The summed E-state index contributed by atoms with van der Waals surface area (Å²) >= 11 is 0. The predicted octanol–water partition coefficient (Wildman–Crippen LogP) is 3.45. The Balaban J connectivity index is 1.47. The normalized spacial score (nSPS) is 30.6. The van der Waals surface area contributed by atoms with Crippen LogP contribution >= 0.6 is 0 Å². The van der Waals surface area contributed by atoms with Crippen LogP contribution in [0, 0.1) is 5.92 Å². The van der Waals surface area contributed by atoms with E-state index in [2.05, 4.69) is 54.0 Å². The third-order valence-electron chi connectivity index (χ3n) is 5.84. The molecule has 0 radical (unpaired) electrons. The molecular weight excluding hydrogens is 324 g/mol. The van der Waals surface area contributed by atoms with E-state index in [9.17, 15) is 4.79 Å². The SMILES string of the molecule is CCCC1C=CC2=C(C1)NC(=O)C21C[C@@H](NCc2ccccc2)CCO1. The van der Waals surface area contributed by atoms with Gasteiger partial charge in [-0.25, -0.2) is 0 Å². The molecule has 26 heavy (non-hydrogen) atoms. The van der Waals surface area contributed by atoms with Crippen LogP contribution in [-0.2, 0) is 16.1 Å². The molecule has 0 aromatic heterocycles. The van der Waals surface area contributed by atoms with Gasteiger partial charge in [-0.2, -0.15) is 0 Å². The fraction of sp³-hybridized carbons (Fsp3) is 0.500. The van der Waals surface area contributed by atoms with Gasteiger partial charge in [-0.05, 0) is 30.7 Å². The number of amides is 1. The number of hydrogen-bond acceptors (Lipinski definition) is 3. The molecule has 3 aliphatic rings. The highest BCUT2D eigenvalue weighted by Crippen LogP contribution is 2.42. The van der Waals surface area contributed by atoms with Gasteiger partial charge < -0.3 is 15.4 Å². The largest absolute Gasteiger partial charge is 0.360 e. The maximum Gasteiger partial charge on any atom is 0.261 e. The van der Waals surface area contributed by atoms with Crippen LogP contribution in [-0.4, -0.2) is 24.2 Å². The molecule has 1 aromatic rings. The molecule has 1 aliphatic carbocycles. The molecule has 2 N–H and O–H groups in total. The quantitative estimate of drug-likeness (QED) is 0.853. The molecular formula is C22H28N2O2. The Hall–Kier alpha value is -1.91. The van der Waals surface area contributed by atoms with Crippen LogP contribution in [0.15, 0.2) is 53.8 Å². The van der Waals surface area contributed by atoms with Crippen molar-refractivity contribution in [3.8, 4) is 0 Å². The van der Waals surface area contributed by atoms with Gasteiger partial charge in [0, 0.05) is 36.9 Å². The molecule has 138 valence electrons. The number of allylic oxidation sites excluding steroid dienone is 2. The van der Waals surface area contributed by atoms with Crippen LogP contribution in [0.5, 0.6) is 0 Å². The number of hydrogen-bond donors (Lipinski definition) is 2. The summed E-state index contributed by atoms with van der Waals surface area (Å²) in [7, 11) is 0. The number of carbonyl (C=O) groups excluding carboxylic acids is 1. The molecule has 0 saturated carbocycles. The van der Waals surface area contributed by atoms with Crippen LogP contribution in [0.2, 0.25) is 0 Å². The molecule has 1 aromatic carbocycles. The molecule has 4 rings (SSSR count). The van der Waals surface area contributed by atoms with E-state index in [1.165, 1.54) is 12.0 Å². The first-order chi connectivity index (χ1) is 12.7. The first kappa shape index (κ1) is 17.5. The van der Waals surface area contributed by atoms with Crippen molar-refractivity contribution in [1.82, 2.24) is 10.6 Å². The second-order valence-corrected chi connectivity index (χ2v) is 7.69. The van der Waals surface area contributed by atoms with Crippen molar-refractivity contribution in [1.29, 1.82) is 0 Å². The maximum atomic E-state index is 12.9. The maximum absolute atomic E-state index is 12.9. The number of nitrogens with one attached hydrogen (secondary N) is 2. The van der Waals surface area contributed by atoms with Crippen molar-refractivity contribution in [3.63, 3.8) is 0 Å². The summed E-state index contributed by atoms with van der Waals surface area (Å²) in [6.45, 7) is 3.64. The Bertz CT molecular complexity index is 725. The topological polar surface area (TPSA) is 50.4 Å². The standard InChI is InChI=1S/C22H28N2O2/c1-2-6-16-9-10-19-20(13-16)24-21(25)22(19)14-18(11-12-26-22)23-15-17-7-4-3-5-8-17/h3-5,7-10,16,18,23H,2,6,11-15H2,1H3,(H,24,25)/t16?,18-,22?/m0/s1. The Morgan fingerprint density at radius 2 is 2.15 bits per heavy atom. The van der Waals surface area contributed by atoms with Gasteiger partial charge in [0.05, 0.1) is 0 Å². The number of rotatable bonds is 5. The highest BCUT2D eigenvalue weighted by Gasteiger charge is 2.52. The summed E-state index contributed by atoms with van der Waals surface area (Å²) in [6, 6.07) is 10.7. The summed E-state index contributed by atoms with van der Waals surface area (Å²) in [4.78, 5) is 12.9. The fourth-order valence-corrected chi connectivity index (χ4v) is 4.46. The molecule has 0 bridgehead atoms. The lowest BCUT2D eigenvalue weighted by molar-refractivity contribution is -0.145. The van der Waals surface area contributed by atoms with Crippen molar-refractivity contribution in [3.05, 3.63) is 59.3 Å². The molecule has 1 fully saturated rings. The van der Waals surface area contributed by atoms with Gasteiger partial charge in [0.2, 0.25) is 0 Å². The van der Waals surface area contributed by atoms with Crippen molar-refractivity contribution < 1.29 is 9.53 Å². The van der Waals surface area contributed by atoms with E-state index in [-0.39, 0.29) is 11.9 Å². The highest BCUT2D eigenvalue weighted by molar-refractivity contribution is 5.95. The molecule has 1 saturated heterocycles. The molecule has 2 aliphatic heterocycles. The smallest absolute Gasteiger partial charge is 0.261 e. The highest BCUT2D eigenvalue weighted by atomic mass is 16.5. The van der Waals surface area contributed by atoms with Crippen LogP contribution in [0.3, 0.4) is 0 Å². The van der Waals surface area contributed by atoms with Gasteiger partial charge in [-0.15, -0.1) is 0 Å². The van der Waals surface area contributed by atoms with Crippen molar-refractivity contribution in [2.75, 3.05) is 6.61 Å². The molecule has 2 unspecified atom stereocenters. The zero-order valence-corrected chi connectivity index (χ0v) is 15.5. The van der Waals surface area contributed by atoms with E-state index < -0.39 is 5.60 Å². The first-order valence-corrected chi connectivity index (χ1v) is 9.86. The molecule has 4 nitrogen and oxygen atoms in total. The van der Waals surface area contributed by atoms with Gasteiger partial charge in [0.1, 0.15) is 0 Å². The molecule has 3 atom stereocenters. The van der Waals surface area contributed by atoms with E-state index in [1.807, 2.05) is 6.07 Å². The average Bonchev–Trinajstić information content (AvgIpc) is 2.92. The Morgan fingerprint density at radius 3 is 2.96 bits per heavy atom. The van der Waals surface area contributed by atoms with Crippen molar-refractivity contribution in [2.45, 2.75) is 57.2 Å². The van der Waals surface area contributed by atoms with Crippen LogP contribution in [0.4, 0.5) is 0 Å². The third-order valence-corrected chi connectivity index (χ3v) is 5.84.